The minimum absolute atomic E-state index is 0.0290. The van der Waals surface area contributed by atoms with Crippen molar-refractivity contribution in [1.82, 2.24) is 9.62 Å². The van der Waals surface area contributed by atoms with Gasteiger partial charge < -0.3 is 10.4 Å². The first-order valence-electron chi connectivity index (χ1n) is 7.36. The Hall–Kier alpha value is -1.44. The molecular weight excluding hydrogens is 304 g/mol. The second-order valence-corrected chi connectivity index (χ2v) is 7.59. The largest absolute Gasteiger partial charge is 0.388 e. The standard InChI is InChI=1S/C15H22N2O4S/c1-16-14(18)8-10-15(19)9-5-11-17(12-15)22(20,21)13-6-3-2-4-7-13/h2-4,6-7,19H,5,8-12H2,1H3,(H,16,18)/t15-/m0/s1. The lowest BCUT2D eigenvalue weighted by atomic mass is 9.89. The number of benzene rings is 1. The quantitative estimate of drug-likeness (QED) is 0.835. The third-order valence-corrected chi connectivity index (χ3v) is 5.86. The summed E-state index contributed by atoms with van der Waals surface area (Å²) in [5.41, 5.74) is -1.15. The van der Waals surface area contributed by atoms with Crippen molar-refractivity contribution in [2.24, 2.45) is 0 Å². The molecule has 1 aliphatic heterocycles. The van der Waals surface area contributed by atoms with Crippen molar-refractivity contribution < 1.29 is 18.3 Å². The van der Waals surface area contributed by atoms with Crippen LogP contribution < -0.4 is 5.32 Å². The third kappa shape index (κ3) is 3.85. The van der Waals surface area contributed by atoms with Gasteiger partial charge in [0.2, 0.25) is 15.9 Å². The molecule has 6 nitrogen and oxygen atoms in total. The lowest BCUT2D eigenvalue weighted by Gasteiger charge is -2.38. The summed E-state index contributed by atoms with van der Waals surface area (Å²) >= 11 is 0. The Morgan fingerprint density at radius 3 is 2.68 bits per heavy atom. The average molecular weight is 326 g/mol. The van der Waals surface area contributed by atoms with E-state index in [1.54, 1.807) is 37.4 Å². The van der Waals surface area contributed by atoms with E-state index in [-0.39, 0.29) is 30.2 Å². The summed E-state index contributed by atoms with van der Waals surface area (Å²) in [7, 11) is -2.06. The molecule has 0 radical (unpaired) electrons. The molecule has 0 aromatic heterocycles. The molecular formula is C15H22N2O4S. The van der Waals surface area contributed by atoms with Gasteiger partial charge in [-0.25, -0.2) is 8.42 Å². The maximum Gasteiger partial charge on any atom is 0.243 e. The first-order chi connectivity index (χ1) is 10.4. The molecule has 7 heteroatoms. The molecule has 1 amide bonds. The van der Waals surface area contributed by atoms with Crippen LogP contribution in [0.1, 0.15) is 25.7 Å². The maximum absolute atomic E-state index is 12.6. The Morgan fingerprint density at radius 1 is 1.36 bits per heavy atom. The van der Waals surface area contributed by atoms with Crippen molar-refractivity contribution in [2.45, 2.75) is 36.2 Å². The first-order valence-corrected chi connectivity index (χ1v) is 8.80. The predicted molar refractivity (Wildman–Crippen MR) is 82.7 cm³/mol. The topological polar surface area (TPSA) is 86.7 Å². The monoisotopic (exact) mass is 326 g/mol. The number of nitrogens with one attached hydrogen (secondary N) is 1. The van der Waals surface area contributed by atoms with Gasteiger partial charge in [-0.2, -0.15) is 4.31 Å². The lowest BCUT2D eigenvalue weighted by molar-refractivity contribution is -0.122. The van der Waals surface area contributed by atoms with Gasteiger partial charge >= 0.3 is 0 Å². The summed E-state index contributed by atoms with van der Waals surface area (Å²) in [6.07, 6.45) is 1.53. The SMILES string of the molecule is CNC(=O)CC[C@@]1(O)CCCN(S(=O)(=O)c2ccccc2)C1. The van der Waals surface area contributed by atoms with E-state index in [1.165, 1.54) is 4.31 Å². The van der Waals surface area contributed by atoms with Gasteiger partial charge in [0.25, 0.3) is 0 Å². The Balaban J connectivity index is 2.11. The van der Waals surface area contributed by atoms with Crippen molar-refractivity contribution >= 4 is 15.9 Å². The molecule has 122 valence electrons. The predicted octanol–water partition coefficient (Wildman–Crippen LogP) is 0.728. The lowest BCUT2D eigenvalue weighted by Crippen LogP contribution is -2.50. The zero-order chi connectivity index (χ0) is 16.2. The zero-order valence-corrected chi connectivity index (χ0v) is 13.5. The highest BCUT2D eigenvalue weighted by atomic mass is 32.2. The van der Waals surface area contributed by atoms with Gasteiger partial charge in [0.15, 0.2) is 0 Å². The molecule has 22 heavy (non-hydrogen) atoms. The second-order valence-electron chi connectivity index (χ2n) is 5.65. The molecule has 0 saturated carbocycles. The smallest absolute Gasteiger partial charge is 0.243 e. The fourth-order valence-electron chi connectivity index (χ4n) is 2.69. The Bertz CT molecular complexity index is 618. The van der Waals surface area contributed by atoms with Gasteiger partial charge in [0, 0.05) is 26.6 Å². The van der Waals surface area contributed by atoms with E-state index in [0.717, 1.165) is 0 Å². The third-order valence-electron chi connectivity index (χ3n) is 4.00. The molecule has 2 N–H and O–H groups in total. The number of β-amino-alcohol motifs (C(OH)–C–C–N with tert-alkyl or cyclic N) is 1. The van der Waals surface area contributed by atoms with Crippen molar-refractivity contribution in [3.05, 3.63) is 30.3 Å². The minimum Gasteiger partial charge on any atom is -0.388 e. The fraction of sp³-hybridized carbons (Fsp3) is 0.533. The van der Waals surface area contributed by atoms with E-state index in [4.69, 9.17) is 0 Å². The van der Waals surface area contributed by atoms with Crippen molar-refractivity contribution in [1.29, 1.82) is 0 Å². The molecule has 1 aromatic rings. The first kappa shape index (κ1) is 16.9. The highest BCUT2D eigenvalue weighted by molar-refractivity contribution is 7.89. The molecule has 1 heterocycles. The fourth-order valence-corrected chi connectivity index (χ4v) is 4.27. The van der Waals surface area contributed by atoms with Gasteiger partial charge in [-0.15, -0.1) is 0 Å². The van der Waals surface area contributed by atoms with Crippen LogP contribution in [0.2, 0.25) is 0 Å². The van der Waals surface area contributed by atoms with Crippen LogP contribution in [0.3, 0.4) is 0 Å². The van der Waals surface area contributed by atoms with E-state index in [9.17, 15) is 18.3 Å². The highest BCUT2D eigenvalue weighted by Crippen LogP contribution is 2.29. The van der Waals surface area contributed by atoms with Gasteiger partial charge in [0.05, 0.1) is 10.5 Å². The van der Waals surface area contributed by atoms with E-state index in [1.807, 2.05) is 0 Å². The Morgan fingerprint density at radius 2 is 2.05 bits per heavy atom. The van der Waals surface area contributed by atoms with Gasteiger partial charge in [0.1, 0.15) is 0 Å². The van der Waals surface area contributed by atoms with E-state index in [2.05, 4.69) is 5.32 Å². The summed E-state index contributed by atoms with van der Waals surface area (Å²) < 4.78 is 26.5. The summed E-state index contributed by atoms with van der Waals surface area (Å²) in [6, 6.07) is 8.21. The molecule has 1 atom stereocenters. The summed E-state index contributed by atoms with van der Waals surface area (Å²) in [4.78, 5) is 11.6. The van der Waals surface area contributed by atoms with Crippen molar-refractivity contribution in [3.8, 4) is 0 Å². The maximum atomic E-state index is 12.6. The number of amides is 1. The summed E-state index contributed by atoms with van der Waals surface area (Å²) in [5, 5.41) is 13.1. The molecule has 2 rings (SSSR count). The minimum atomic E-state index is -3.60. The molecule has 0 unspecified atom stereocenters. The van der Waals surface area contributed by atoms with Crippen LogP contribution in [-0.2, 0) is 14.8 Å². The highest BCUT2D eigenvalue weighted by Gasteiger charge is 2.38. The van der Waals surface area contributed by atoms with Gasteiger partial charge in [-0.3, -0.25) is 4.79 Å². The van der Waals surface area contributed by atoms with E-state index >= 15 is 0 Å². The molecule has 1 aliphatic rings. The van der Waals surface area contributed by atoms with Crippen molar-refractivity contribution in [2.75, 3.05) is 20.1 Å². The molecule has 0 spiro atoms. The van der Waals surface area contributed by atoms with Crippen LogP contribution >= 0.6 is 0 Å². The number of hydrogen-bond donors (Lipinski definition) is 2. The summed E-state index contributed by atoms with van der Waals surface area (Å²) in [6.45, 7) is 0.417. The molecule has 1 saturated heterocycles. The van der Waals surface area contributed by atoms with E-state index < -0.39 is 15.6 Å². The number of nitrogens with zero attached hydrogens (tertiary/aromatic N) is 1. The van der Waals surface area contributed by atoms with Crippen LogP contribution in [0.25, 0.3) is 0 Å². The molecule has 0 bridgehead atoms. The van der Waals surface area contributed by atoms with Crippen LogP contribution in [0.15, 0.2) is 35.2 Å². The number of sulfonamides is 1. The van der Waals surface area contributed by atoms with Crippen LogP contribution in [0, 0.1) is 0 Å². The molecule has 0 aliphatic carbocycles. The number of rotatable bonds is 5. The Kier molecular flexibility index (Phi) is 5.20. The number of hydrogen-bond acceptors (Lipinski definition) is 4. The van der Waals surface area contributed by atoms with Crippen molar-refractivity contribution in [3.63, 3.8) is 0 Å². The van der Waals surface area contributed by atoms with E-state index in [0.29, 0.717) is 19.4 Å². The normalized spacial score (nSPS) is 23.2. The number of aliphatic hydroxyl groups is 1. The average Bonchev–Trinajstić information content (AvgIpc) is 2.53. The summed E-state index contributed by atoms with van der Waals surface area (Å²) in [5.74, 6) is -0.156. The van der Waals surface area contributed by atoms with Crippen LogP contribution in [-0.4, -0.2) is 49.5 Å². The Labute approximate surface area is 131 Å². The molecule has 1 aromatic carbocycles. The van der Waals surface area contributed by atoms with Gasteiger partial charge in [-0.1, -0.05) is 18.2 Å². The number of piperidine rings is 1. The van der Waals surface area contributed by atoms with Gasteiger partial charge in [-0.05, 0) is 31.4 Å². The zero-order valence-electron chi connectivity index (χ0n) is 12.7. The van der Waals surface area contributed by atoms with Crippen LogP contribution in [0.4, 0.5) is 0 Å². The number of carbonyl (C=O) groups is 1. The number of carbonyl (C=O) groups excluding carboxylic acids is 1. The molecule has 1 fully saturated rings. The second kappa shape index (κ2) is 6.76. The van der Waals surface area contributed by atoms with Crippen LogP contribution in [0.5, 0.6) is 0 Å².